The molecule has 0 bridgehead atoms. The lowest BCUT2D eigenvalue weighted by atomic mass is 10.9. The van der Waals surface area contributed by atoms with Crippen molar-refractivity contribution >= 4 is 0 Å². The van der Waals surface area contributed by atoms with Gasteiger partial charge < -0.3 is 10.8 Å². The van der Waals surface area contributed by atoms with E-state index < -0.39 is 0 Å². The molecule has 0 spiro atoms. The molecule has 0 aromatic heterocycles. The van der Waals surface area contributed by atoms with E-state index in [1.165, 1.54) is 0 Å². The van der Waals surface area contributed by atoms with Crippen LogP contribution in [0, 0.1) is 0 Å². The Hall–Kier alpha value is -0.0800. The van der Waals surface area contributed by atoms with E-state index in [1.807, 2.05) is 0 Å². The van der Waals surface area contributed by atoms with Gasteiger partial charge in [-0.05, 0) is 0 Å². The van der Waals surface area contributed by atoms with Crippen molar-refractivity contribution in [3.8, 4) is 0 Å². The van der Waals surface area contributed by atoms with E-state index in [4.69, 9.17) is 5.11 Å². The van der Waals surface area contributed by atoms with Gasteiger partial charge in [0.1, 0.15) is 0 Å². The van der Waals surface area contributed by atoms with Crippen LogP contribution in [0.4, 0.5) is 0 Å². The third kappa shape index (κ3) is 2260. The van der Waals surface area contributed by atoms with Gasteiger partial charge in [-0.3, -0.25) is 0 Å². The van der Waals surface area contributed by atoms with Crippen LogP contribution in [0.3, 0.4) is 0 Å². The Morgan fingerprint density at radius 1 is 1.60 bits per heavy atom. The summed E-state index contributed by atoms with van der Waals surface area (Å²) in [7, 11) is 1.75. The highest BCUT2D eigenvalue weighted by molar-refractivity contribution is 3.79. The Labute approximate surface area is 32.6 Å². The lowest BCUT2D eigenvalue weighted by molar-refractivity contribution is -0.361. The third-order valence-electron chi connectivity index (χ3n) is 0. The Bertz CT molecular complexity index is 6.85. The summed E-state index contributed by atoms with van der Waals surface area (Å²) >= 11 is 0. The zero-order valence-electron chi connectivity index (χ0n) is 3.82. The van der Waals surface area contributed by atoms with Crippen LogP contribution in [0.15, 0.2) is 0 Å². The second-order valence-corrected chi connectivity index (χ2v) is 0.289. The zero-order chi connectivity index (χ0) is 4.71. The molecule has 0 rings (SSSR count). The fourth-order valence-electron chi connectivity index (χ4n) is 0. The van der Waals surface area contributed by atoms with Gasteiger partial charge in [-0.2, -0.15) is 0 Å². The number of hydrogen-bond donors (Lipinski definition) is 1. The second kappa shape index (κ2) is 39.5. The molecule has 34 valence electrons. The lowest BCUT2D eigenvalue weighted by Gasteiger charge is -1.79. The molecule has 2 heteroatoms. The summed E-state index contributed by atoms with van der Waals surface area (Å²) in [6, 6.07) is 0. The Morgan fingerprint density at radius 3 is 1.60 bits per heavy atom. The van der Waals surface area contributed by atoms with Crippen molar-refractivity contribution in [1.82, 2.24) is 0 Å². The number of rotatable bonds is 0. The van der Waals surface area contributed by atoms with Gasteiger partial charge in [-0.15, -0.1) is 6.61 Å². The van der Waals surface area contributed by atoms with Crippen LogP contribution < -0.4 is 10.8 Å². The topological polar surface area (TPSA) is 50.7 Å². The van der Waals surface area contributed by atoms with E-state index in [0.717, 1.165) is 0 Å². The molecule has 0 fully saturated rings. The molecular formula is C3H11NO. The molecule has 0 saturated carbocycles. The van der Waals surface area contributed by atoms with E-state index in [1.54, 1.807) is 14.0 Å². The minimum atomic E-state index is 0. The van der Waals surface area contributed by atoms with Gasteiger partial charge in [0, 0.05) is 0 Å². The lowest BCUT2D eigenvalue weighted by Crippen LogP contribution is -2.40. The van der Waals surface area contributed by atoms with Crippen LogP contribution in [0.5, 0.6) is 0 Å². The molecule has 0 aliphatic carbocycles. The summed E-state index contributed by atoms with van der Waals surface area (Å²) in [6.45, 7) is 1.57. The first-order valence-corrected chi connectivity index (χ1v) is 1.70. The van der Waals surface area contributed by atoms with Crippen molar-refractivity contribution in [1.29, 1.82) is 0 Å². The highest BCUT2D eigenvalue weighted by atomic mass is 16.2. The quantitative estimate of drug-likeness (QED) is 0.365. The van der Waals surface area contributed by atoms with Crippen LogP contribution in [-0.2, 0) is 0 Å². The molecule has 0 radical (unpaired) electrons. The minimum absolute atomic E-state index is 0. The van der Waals surface area contributed by atoms with Crippen molar-refractivity contribution in [3.05, 3.63) is 0 Å². The van der Waals surface area contributed by atoms with Gasteiger partial charge in [-0.1, -0.05) is 6.92 Å². The van der Waals surface area contributed by atoms with Gasteiger partial charge in [-0.25, -0.2) is 0 Å². The molecule has 2 nitrogen and oxygen atoms in total. The molecule has 0 aromatic rings. The van der Waals surface area contributed by atoms with E-state index >= 15 is 0 Å². The summed E-state index contributed by atoms with van der Waals surface area (Å²) in [5.41, 5.74) is 3.25. The van der Waals surface area contributed by atoms with Crippen LogP contribution >= 0.6 is 0 Å². The SMILES string of the molecule is CC[O-].C[NH3+]. The fraction of sp³-hybridized carbons (Fsp3) is 1.00. The molecule has 0 aliphatic heterocycles. The van der Waals surface area contributed by atoms with Gasteiger partial charge in [0.15, 0.2) is 0 Å². The summed E-state index contributed by atoms with van der Waals surface area (Å²) in [4.78, 5) is 0. The van der Waals surface area contributed by atoms with E-state index in [-0.39, 0.29) is 6.61 Å². The molecule has 0 unspecified atom stereocenters. The smallest absolute Gasteiger partial charge is 0.0634 e. The van der Waals surface area contributed by atoms with Gasteiger partial charge in [0.2, 0.25) is 0 Å². The maximum absolute atomic E-state index is 8.93. The average Bonchev–Trinajstić information content (AvgIpc) is 1.46. The van der Waals surface area contributed by atoms with E-state index in [9.17, 15) is 0 Å². The first-order valence-electron chi connectivity index (χ1n) is 1.70. The summed E-state index contributed by atoms with van der Waals surface area (Å²) in [6.07, 6.45) is 0. The minimum Gasteiger partial charge on any atom is -0.855 e. The molecule has 0 amide bonds. The third-order valence-corrected chi connectivity index (χ3v) is 0. The normalized spacial score (nSPS) is 4.80. The standard InChI is InChI=1S/C2H5O.CH5N/c1-2-3;1-2/h2H2,1H3;2H2,1H3/q-1;/p+1. The summed E-state index contributed by atoms with van der Waals surface area (Å²) in [5.74, 6) is 0. The molecule has 0 saturated heterocycles. The molecule has 0 heterocycles. The van der Waals surface area contributed by atoms with Crippen molar-refractivity contribution in [3.63, 3.8) is 0 Å². The number of quaternary nitrogens is 1. The molecule has 0 atom stereocenters. The Morgan fingerprint density at radius 2 is 1.60 bits per heavy atom. The molecule has 5 heavy (non-hydrogen) atoms. The Balaban J connectivity index is 0. The Kier molecular flexibility index (Phi) is 70.0. The van der Waals surface area contributed by atoms with Crippen molar-refractivity contribution in [2.45, 2.75) is 6.92 Å². The highest BCUT2D eigenvalue weighted by Gasteiger charge is 1.16. The first-order chi connectivity index (χ1) is 2.41. The molecular weight excluding hydrogens is 66.0 g/mol. The van der Waals surface area contributed by atoms with Crippen molar-refractivity contribution in [2.24, 2.45) is 0 Å². The first kappa shape index (κ1) is 8.87. The fourth-order valence-corrected chi connectivity index (χ4v) is 0. The zero-order valence-corrected chi connectivity index (χ0v) is 3.82. The van der Waals surface area contributed by atoms with E-state index in [0.29, 0.717) is 0 Å². The van der Waals surface area contributed by atoms with Crippen LogP contribution in [0.25, 0.3) is 0 Å². The van der Waals surface area contributed by atoms with Crippen LogP contribution in [-0.4, -0.2) is 13.7 Å². The number of hydrogen-bond acceptors (Lipinski definition) is 1. The maximum Gasteiger partial charge on any atom is 0.0634 e. The van der Waals surface area contributed by atoms with Crippen molar-refractivity contribution in [2.75, 3.05) is 13.7 Å². The van der Waals surface area contributed by atoms with E-state index in [2.05, 4.69) is 5.73 Å². The van der Waals surface area contributed by atoms with Crippen molar-refractivity contribution < 1.29 is 10.8 Å². The van der Waals surface area contributed by atoms with Gasteiger partial charge >= 0.3 is 0 Å². The average molecular weight is 77.1 g/mol. The predicted molar refractivity (Wildman–Crippen MR) is 19.4 cm³/mol. The maximum atomic E-state index is 8.93. The monoisotopic (exact) mass is 77.1 g/mol. The van der Waals surface area contributed by atoms with Gasteiger partial charge in [0.05, 0.1) is 7.05 Å². The highest BCUT2D eigenvalue weighted by Crippen LogP contribution is 1.18. The largest absolute Gasteiger partial charge is 0.855 e. The molecule has 0 aromatic carbocycles. The summed E-state index contributed by atoms with van der Waals surface area (Å²) in [5, 5.41) is 8.93. The molecule has 0 aliphatic rings. The predicted octanol–water partition coefficient (Wildman–Crippen LogP) is -1.78. The van der Waals surface area contributed by atoms with Gasteiger partial charge in [0.25, 0.3) is 0 Å². The van der Waals surface area contributed by atoms with Crippen LogP contribution in [0.2, 0.25) is 0 Å². The molecule has 3 N–H and O–H groups in total. The second-order valence-electron chi connectivity index (χ2n) is 0.289. The summed E-state index contributed by atoms with van der Waals surface area (Å²) < 4.78 is 0. The van der Waals surface area contributed by atoms with Crippen LogP contribution in [0.1, 0.15) is 6.92 Å².